The molecule has 2 nitrogen and oxygen atoms in total. The maximum Gasteiger partial charge on any atom is 0.302 e. The zero-order chi connectivity index (χ0) is 8.97. The number of hydrogen-bond acceptors (Lipinski definition) is 2. The molecule has 2 heteroatoms. The zero-order valence-corrected chi connectivity index (χ0v) is 8.01. The first kappa shape index (κ1) is 9.56. The van der Waals surface area contributed by atoms with E-state index in [1.807, 2.05) is 0 Å². The summed E-state index contributed by atoms with van der Waals surface area (Å²) < 4.78 is 5.24. The summed E-state index contributed by atoms with van der Waals surface area (Å²) in [6.07, 6.45) is 6.17. The van der Waals surface area contributed by atoms with Crippen LogP contribution in [0.3, 0.4) is 0 Å². The Morgan fingerprint density at radius 1 is 1.50 bits per heavy atom. The number of ether oxygens (including phenoxy) is 1. The maximum atomic E-state index is 10.7. The van der Waals surface area contributed by atoms with Gasteiger partial charge in [-0.05, 0) is 31.6 Å². The Bertz CT molecular complexity index is 154. The summed E-state index contributed by atoms with van der Waals surface area (Å²) in [7, 11) is 0. The van der Waals surface area contributed by atoms with E-state index in [4.69, 9.17) is 4.74 Å². The molecule has 0 spiro atoms. The predicted octanol–water partition coefficient (Wildman–Crippen LogP) is 2.52. The van der Waals surface area contributed by atoms with Crippen LogP contribution in [0.25, 0.3) is 0 Å². The quantitative estimate of drug-likeness (QED) is 0.608. The molecular formula is C10H18O2. The van der Waals surface area contributed by atoms with Gasteiger partial charge in [0.2, 0.25) is 0 Å². The van der Waals surface area contributed by atoms with Crippen LogP contribution in [0.1, 0.15) is 46.0 Å². The highest BCUT2D eigenvalue weighted by molar-refractivity contribution is 5.66. The SMILES string of the molecule is CCC[C@H]1CCC[C@H]1OC(C)=O. The van der Waals surface area contributed by atoms with Crippen LogP contribution in [0.2, 0.25) is 0 Å². The Morgan fingerprint density at radius 2 is 2.25 bits per heavy atom. The normalized spacial score (nSPS) is 28.8. The monoisotopic (exact) mass is 170 g/mol. The van der Waals surface area contributed by atoms with Crippen LogP contribution < -0.4 is 0 Å². The smallest absolute Gasteiger partial charge is 0.302 e. The lowest BCUT2D eigenvalue weighted by atomic mass is 10.0. The molecule has 0 radical (unpaired) electrons. The molecule has 1 aliphatic rings. The van der Waals surface area contributed by atoms with Crippen molar-refractivity contribution in [3.05, 3.63) is 0 Å². The molecule has 1 aliphatic carbocycles. The van der Waals surface area contributed by atoms with E-state index >= 15 is 0 Å². The molecule has 0 saturated heterocycles. The van der Waals surface area contributed by atoms with Gasteiger partial charge in [0.1, 0.15) is 6.10 Å². The van der Waals surface area contributed by atoms with Gasteiger partial charge in [-0.2, -0.15) is 0 Å². The summed E-state index contributed by atoms with van der Waals surface area (Å²) in [6.45, 7) is 3.68. The minimum Gasteiger partial charge on any atom is -0.462 e. The molecule has 0 aromatic rings. The lowest BCUT2D eigenvalue weighted by Crippen LogP contribution is -2.20. The molecule has 0 heterocycles. The molecule has 0 aromatic carbocycles. The minimum absolute atomic E-state index is 0.122. The van der Waals surface area contributed by atoms with Crippen molar-refractivity contribution in [3.8, 4) is 0 Å². The second kappa shape index (κ2) is 4.48. The van der Waals surface area contributed by atoms with Crippen molar-refractivity contribution in [1.29, 1.82) is 0 Å². The minimum atomic E-state index is -0.122. The van der Waals surface area contributed by atoms with Crippen molar-refractivity contribution >= 4 is 5.97 Å². The van der Waals surface area contributed by atoms with Gasteiger partial charge in [-0.15, -0.1) is 0 Å². The number of esters is 1. The van der Waals surface area contributed by atoms with Crippen molar-refractivity contribution in [2.45, 2.75) is 52.1 Å². The Kier molecular flexibility index (Phi) is 3.57. The second-order valence-corrected chi connectivity index (χ2v) is 3.63. The highest BCUT2D eigenvalue weighted by atomic mass is 16.5. The maximum absolute atomic E-state index is 10.7. The van der Waals surface area contributed by atoms with E-state index in [0.29, 0.717) is 5.92 Å². The van der Waals surface area contributed by atoms with Crippen LogP contribution in [0, 0.1) is 5.92 Å². The van der Waals surface area contributed by atoms with E-state index in [1.165, 1.54) is 32.6 Å². The van der Waals surface area contributed by atoms with Crippen LogP contribution in [-0.2, 0) is 9.53 Å². The van der Waals surface area contributed by atoms with E-state index in [2.05, 4.69) is 6.92 Å². The van der Waals surface area contributed by atoms with Gasteiger partial charge in [0.05, 0.1) is 0 Å². The predicted molar refractivity (Wildman–Crippen MR) is 47.8 cm³/mol. The van der Waals surface area contributed by atoms with Crippen LogP contribution in [0.5, 0.6) is 0 Å². The van der Waals surface area contributed by atoms with Crippen molar-refractivity contribution in [1.82, 2.24) is 0 Å². The van der Waals surface area contributed by atoms with Crippen molar-refractivity contribution in [2.24, 2.45) is 5.92 Å². The Hall–Kier alpha value is -0.530. The van der Waals surface area contributed by atoms with Crippen LogP contribution >= 0.6 is 0 Å². The summed E-state index contributed by atoms with van der Waals surface area (Å²) in [5, 5.41) is 0. The molecular weight excluding hydrogens is 152 g/mol. The number of carbonyl (C=O) groups is 1. The summed E-state index contributed by atoms with van der Waals surface area (Å²) in [6, 6.07) is 0. The van der Waals surface area contributed by atoms with E-state index in [1.54, 1.807) is 0 Å². The highest BCUT2D eigenvalue weighted by Crippen LogP contribution is 2.31. The molecule has 0 aliphatic heterocycles. The van der Waals surface area contributed by atoms with Crippen LogP contribution in [-0.4, -0.2) is 12.1 Å². The van der Waals surface area contributed by atoms with E-state index in [-0.39, 0.29) is 12.1 Å². The third-order valence-electron chi connectivity index (χ3n) is 2.57. The molecule has 1 rings (SSSR count). The van der Waals surface area contributed by atoms with Gasteiger partial charge in [0.25, 0.3) is 0 Å². The van der Waals surface area contributed by atoms with Gasteiger partial charge in [-0.25, -0.2) is 0 Å². The number of rotatable bonds is 3. The Balaban J connectivity index is 2.35. The first-order chi connectivity index (χ1) is 5.74. The van der Waals surface area contributed by atoms with Crippen molar-refractivity contribution in [2.75, 3.05) is 0 Å². The molecule has 0 unspecified atom stereocenters. The Labute approximate surface area is 74.3 Å². The molecule has 12 heavy (non-hydrogen) atoms. The van der Waals surface area contributed by atoms with Crippen molar-refractivity contribution < 1.29 is 9.53 Å². The topological polar surface area (TPSA) is 26.3 Å². The molecule has 0 aromatic heterocycles. The van der Waals surface area contributed by atoms with Crippen LogP contribution in [0.4, 0.5) is 0 Å². The fourth-order valence-corrected chi connectivity index (χ4v) is 2.07. The van der Waals surface area contributed by atoms with E-state index in [9.17, 15) is 4.79 Å². The van der Waals surface area contributed by atoms with E-state index < -0.39 is 0 Å². The zero-order valence-electron chi connectivity index (χ0n) is 8.01. The summed E-state index contributed by atoms with van der Waals surface area (Å²) in [4.78, 5) is 10.7. The highest BCUT2D eigenvalue weighted by Gasteiger charge is 2.28. The van der Waals surface area contributed by atoms with Gasteiger partial charge in [-0.3, -0.25) is 4.79 Å². The fraction of sp³-hybridized carbons (Fsp3) is 0.900. The van der Waals surface area contributed by atoms with Gasteiger partial charge in [0, 0.05) is 6.92 Å². The molecule has 0 amide bonds. The molecule has 1 fully saturated rings. The lowest BCUT2D eigenvalue weighted by molar-refractivity contribution is -0.148. The number of carbonyl (C=O) groups excluding carboxylic acids is 1. The average molecular weight is 170 g/mol. The molecule has 1 saturated carbocycles. The molecule has 2 atom stereocenters. The Morgan fingerprint density at radius 3 is 2.83 bits per heavy atom. The molecule has 0 bridgehead atoms. The van der Waals surface area contributed by atoms with Gasteiger partial charge in [-0.1, -0.05) is 13.3 Å². The fourth-order valence-electron chi connectivity index (χ4n) is 2.07. The van der Waals surface area contributed by atoms with Gasteiger partial charge < -0.3 is 4.74 Å². The summed E-state index contributed by atoms with van der Waals surface area (Å²) in [5.74, 6) is 0.516. The standard InChI is InChI=1S/C10H18O2/c1-3-5-9-6-4-7-10(9)12-8(2)11/h9-10H,3-7H2,1-2H3/t9-,10+/m0/s1. The first-order valence-corrected chi connectivity index (χ1v) is 4.91. The lowest BCUT2D eigenvalue weighted by Gasteiger charge is -2.18. The van der Waals surface area contributed by atoms with Crippen molar-refractivity contribution in [3.63, 3.8) is 0 Å². The van der Waals surface area contributed by atoms with E-state index in [0.717, 1.165) is 6.42 Å². The second-order valence-electron chi connectivity index (χ2n) is 3.63. The number of hydrogen-bond donors (Lipinski definition) is 0. The summed E-state index contributed by atoms with van der Waals surface area (Å²) >= 11 is 0. The van der Waals surface area contributed by atoms with Gasteiger partial charge >= 0.3 is 5.97 Å². The first-order valence-electron chi connectivity index (χ1n) is 4.91. The third kappa shape index (κ3) is 2.50. The third-order valence-corrected chi connectivity index (χ3v) is 2.57. The average Bonchev–Trinajstić information content (AvgIpc) is 2.37. The largest absolute Gasteiger partial charge is 0.462 e. The van der Waals surface area contributed by atoms with Gasteiger partial charge in [0.15, 0.2) is 0 Å². The van der Waals surface area contributed by atoms with Crippen LogP contribution in [0.15, 0.2) is 0 Å². The molecule has 0 N–H and O–H groups in total. The summed E-state index contributed by atoms with van der Waals surface area (Å²) in [5.41, 5.74) is 0. The molecule has 70 valence electrons.